The van der Waals surface area contributed by atoms with Crippen LogP contribution >= 0.6 is 0 Å². The molecule has 0 rings (SSSR count). The second-order valence-electron chi connectivity index (χ2n) is 1.99. The lowest BCUT2D eigenvalue weighted by molar-refractivity contribution is 0.177. The molecule has 0 aliphatic carbocycles. The second kappa shape index (κ2) is 2.71. The van der Waals surface area contributed by atoms with E-state index in [1.807, 2.05) is 13.1 Å². The van der Waals surface area contributed by atoms with E-state index in [1.54, 1.807) is 7.05 Å². The van der Waals surface area contributed by atoms with Gasteiger partial charge in [0.15, 0.2) is 0 Å². The summed E-state index contributed by atoms with van der Waals surface area (Å²) in [6.07, 6.45) is -0.813. The minimum absolute atomic E-state index is 0.813. The van der Waals surface area contributed by atoms with E-state index in [0.29, 0.717) is 0 Å². The van der Waals surface area contributed by atoms with Gasteiger partial charge in [-0.25, -0.2) is 4.79 Å². The van der Waals surface area contributed by atoms with Crippen LogP contribution in [-0.4, -0.2) is 31.8 Å². The van der Waals surface area contributed by atoms with E-state index in [9.17, 15) is 4.79 Å². The molecular weight excluding hydrogens is 122 g/mol. The van der Waals surface area contributed by atoms with Gasteiger partial charge in [0.2, 0.25) is 0 Å². The van der Waals surface area contributed by atoms with Crippen LogP contribution in [0.4, 0.5) is 4.79 Å². The Morgan fingerprint density at radius 3 is 2.00 bits per heavy atom. The van der Waals surface area contributed by atoms with Crippen LogP contribution in [0.15, 0.2) is 0 Å². The van der Waals surface area contributed by atoms with E-state index in [-0.39, 0.29) is 0 Å². The third kappa shape index (κ3) is 1.97. The first-order valence-electron chi connectivity index (χ1n) is 2.51. The first kappa shape index (κ1) is 7.49. The van der Waals surface area contributed by atoms with Crippen molar-refractivity contribution in [2.45, 2.75) is 13.1 Å². The summed E-state index contributed by atoms with van der Waals surface area (Å²) in [6, 6.07) is 0. The van der Waals surface area contributed by atoms with Gasteiger partial charge in [0.05, 0.1) is 0 Å². The molecule has 0 fully saturated rings. The molecule has 0 aliphatic heterocycles. The van der Waals surface area contributed by atoms with Crippen molar-refractivity contribution in [2.24, 2.45) is 0 Å². The van der Waals surface area contributed by atoms with Gasteiger partial charge in [0.1, 0.15) is 8.96 Å². The summed E-state index contributed by atoms with van der Waals surface area (Å²) in [4.78, 5) is 10.1. The Labute approximate surface area is 50.6 Å². The number of rotatable bonds is 1. The van der Waals surface area contributed by atoms with Crippen LogP contribution in [0.25, 0.3) is 0 Å². The highest BCUT2D eigenvalue weighted by Gasteiger charge is 2.08. The van der Waals surface area contributed by atoms with E-state index in [1.165, 1.54) is 4.57 Å². The Balaban J connectivity index is 3.64. The summed E-state index contributed by atoms with van der Waals surface area (Å²) in [6.45, 7) is 3.93. The van der Waals surface area contributed by atoms with E-state index in [4.69, 9.17) is 5.11 Å². The minimum atomic E-state index is -1.09. The maximum absolute atomic E-state index is 10.1. The third-order valence-electron chi connectivity index (χ3n) is 1.08. The average molecular weight is 133 g/mol. The molecule has 0 bridgehead atoms. The molecule has 48 valence electrons. The molecule has 1 N–H and O–H groups in total. The SMILES string of the molecule is CN(C(=O)O)[SiH](C)C. The van der Waals surface area contributed by atoms with E-state index < -0.39 is 15.1 Å². The molecule has 0 unspecified atom stereocenters. The van der Waals surface area contributed by atoms with Crippen molar-refractivity contribution in [2.75, 3.05) is 7.05 Å². The maximum atomic E-state index is 10.1. The molecule has 0 saturated heterocycles. The first-order valence-corrected chi connectivity index (χ1v) is 5.34. The van der Waals surface area contributed by atoms with Gasteiger partial charge < -0.3 is 9.67 Å². The Bertz CT molecular complexity index is 94.0. The molecule has 8 heavy (non-hydrogen) atoms. The Morgan fingerprint density at radius 2 is 2.00 bits per heavy atom. The number of carbonyl (C=O) groups is 1. The van der Waals surface area contributed by atoms with Crippen LogP contribution in [0.3, 0.4) is 0 Å². The highest BCUT2D eigenvalue weighted by Crippen LogP contribution is 1.88. The normalized spacial score (nSPS) is 9.50. The number of carboxylic acid groups (broad SMARTS) is 1. The zero-order valence-corrected chi connectivity index (χ0v) is 6.53. The second-order valence-corrected chi connectivity index (χ2v) is 4.95. The van der Waals surface area contributed by atoms with Crippen molar-refractivity contribution in [1.82, 2.24) is 4.57 Å². The smallest absolute Gasteiger partial charge is 0.398 e. The molecule has 0 aromatic rings. The zero-order valence-electron chi connectivity index (χ0n) is 5.38. The Hall–Kier alpha value is -0.513. The van der Waals surface area contributed by atoms with Crippen molar-refractivity contribution in [3.63, 3.8) is 0 Å². The fourth-order valence-corrected chi connectivity index (χ4v) is 0.663. The van der Waals surface area contributed by atoms with Crippen molar-refractivity contribution in [1.29, 1.82) is 0 Å². The first-order chi connectivity index (χ1) is 3.55. The van der Waals surface area contributed by atoms with Gasteiger partial charge in [0, 0.05) is 7.05 Å². The monoisotopic (exact) mass is 133 g/mol. The van der Waals surface area contributed by atoms with E-state index in [2.05, 4.69) is 0 Å². The Morgan fingerprint density at radius 1 is 1.62 bits per heavy atom. The van der Waals surface area contributed by atoms with Gasteiger partial charge in [-0.15, -0.1) is 0 Å². The summed E-state index contributed by atoms with van der Waals surface area (Å²) in [5.41, 5.74) is 0. The highest BCUT2D eigenvalue weighted by atomic mass is 28.3. The van der Waals surface area contributed by atoms with Crippen LogP contribution in [0, 0.1) is 0 Å². The van der Waals surface area contributed by atoms with Crippen molar-refractivity contribution in [3.05, 3.63) is 0 Å². The van der Waals surface area contributed by atoms with Crippen LogP contribution in [0.2, 0.25) is 13.1 Å². The number of nitrogens with zero attached hydrogens (tertiary/aromatic N) is 1. The van der Waals surface area contributed by atoms with Crippen molar-refractivity contribution in [3.8, 4) is 0 Å². The van der Waals surface area contributed by atoms with Crippen LogP contribution in [0.5, 0.6) is 0 Å². The molecule has 0 saturated carbocycles. The predicted octanol–water partition coefficient (Wildman–Crippen LogP) is 0.580. The fraction of sp³-hybridized carbons (Fsp3) is 0.750. The zero-order chi connectivity index (χ0) is 6.73. The molecule has 0 spiro atoms. The molecule has 0 aromatic carbocycles. The highest BCUT2D eigenvalue weighted by molar-refractivity contribution is 6.55. The van der Waals surface area contributed by atoms with Gasteiger partial charge in [-0.1, -0.05) is 13.1 Å². The van der Waals surface area contributed by atoms with Crippen LogP contribution in [0.1, 0.15) is 0 Å². The molecule has 3 nitrogen and oxygen atoms in total. The average Bonchev–Trinajstić information content (AvgIpc) is 1.64. The summed E-state index contributed by atoms with van der Waals surface area (Å²) in [7, 11) is 0.522. The molecule has 0 atom stereocenters. The van der Waals surface area contributed by atoms with E-state index in [0.717, 1.165) is 0 Å². The summed E-state index contributed by atoms with van der Waals surface area (Å²) in [5.74, 6) is 0. The largest absolute Gasteiger partial charge is 0.465 e. The molecular formula is C4H11NO2Si. The lowest BCUT2D eigenvalue weighted by Crippen LogP contribution is -2.34. The summed E-state index contributed by atoms with van der Waals surface area (Å²) >= 11 is 0. The molecule has 0 aliphatic rings. The van der Waals surface area contributed by atoms with Crippen LogP contribution < -0.4 is 0 Å². The number of hydrogen-bond donors (Lipinski definition) is 1. The van der Waals surface area contributed by atoms with Crippen LogP contribution in [-0.2, 0) is 0 Å². The van der Waals surface area contributed by atoms with Gasteiger partial charge in [-0.05, 0) is 0 Å². The third-order valence-corrected chi connectivity index (χ3v) is 2.85. The molecule has 0 radical (unpaired) electrons. The van der Waals surface area contributed by atoms with E-state index >= 15 is 0 Å². The quantitative estimate of drug-likeness (QED) is 0.531. The maximum Gasteiger partial charge on any atom is 0.398 e. The fourth-order valence-electron chi connectivity index (χ4n) is 0.221. The lowest BCUT2D eigenvalue weighted by atomic mass is 11.1. The standard InChI is InChI=1S/C4H11NO2Si/c1-5(4(6)7)8(2)3/h8H,1-3H3,(H,6,7). The number of hydrogen-bond acceptors (Lipinski definition) is 1. The lowest BCUT2D eigenvalue weighted by Gasteiger charge is -2.15. The van der Waals surface area contributed by atoms with Gasteiger partial charge >= 0.3 is 6.09 Å². The molecule has 1 amide bonds. The topological polar surface area (TPSA) is 40.5 Å². The minimum Gasteiger partial charge on any atom is -0.465 e. The Kier molecular flexibility index (Phi) is 2.54. The summed E-state index contributed by atoms with van der Waals surface area (Å²) < 4.78 is 1.39. The van der Waals surface area contributed by atoms with Gasteiger partial charge in [-0.3, -0.25) is 0 Å². The van der Waals surface area contributed by atoms with Crippen molar-refractivity contribution >= 4 is 15.1 Å². The number of amides is 1. The predicted molar refractivity (Wildman–Crippen MR) is 34.7 cm³/mol. The molecule has 0 heterocycles. The molecule has 0 aromatic heterocycles. The van der Waals surface area contributed by atoms with Gasteiger partial charge in [-0.2, -0.15) is 0 Å². The summed E-state index contributed by atoms with van der Waals surface area (Å²) in [5, 5.41) is 8.31. The molecule has 4 heteroatoms. The van der Waals surface area contributed by atoms with Gasteiger partial charge in [0.25, 0.3) is 0 Å². The van der Waals surface area contributed by atoms with Crippen molar-refractivity contribution < 1.29 is 9.90 Å².